The molecule has 1 aromatic rings. The van der Waals surface area contributed by atoms with Crippen LogP contribution in [0.5, 0.6) is 0 Å². The van der Waals surface area contributed by atoms with E-state index in [-0.39, 0.29) is 5.41 Å². The first-order chi connectivity index (χ1) is 9.54. The van der Waals surface area contributed by atoms with Crippen LogP contribution in [-0.2, 0) is 24.6 Å². The van der Waals surface area contributed by atoms with Gasteiger partial charge in [-0.15, -0.1) is 0 Å². The molecule has 1 unspecified atom stereocenters. The Hall–Kier alpha value is -0.870. The molecule has 0 aliphatic carbocycles. The molecule has 0 amide bonds. The highest BCUT2D eigenvalue weighted by Crippen LogP contribution is 2.32. The van der Waals surface area contributed by atoms with Gasteiger partial charge >= 0.3 is 0 Å². The van der Waals surface area contributed by atoms with E-state index in [2.05, 4.69) is 44.3 Å². The third-order valence-electron chi connectivity index (χ3n) is 4.18. The largest absolute Gasteiger partial charge is 0.381 e. The molecule has 4 heteroatoms. The molecule has 1 N–H and O–H groups in total. The lowest BCUT2D eigenvalue weighted by molar-refractivity contribution is 0.147. The van der Waals surface area contributed by atoms with Crippen LogP contribution in [0.3, 0.4) is 0 Å². The number of ether oxygens (including phenoxy) is 1. The second kappa shape index (κ2) is 6.72. The fourth-order valence-corrected chi connectivity index (χ4v) is 2.91. The zero-order valence-corrected chi connectivity index (χ0v) is 13.4. The van der Waals surface area contributed by atoms with Gasteiger partial charge in [0.1, 0.15) is 0 Å². The van der Waals surface area contributed by atoms with E-state index < -0.39 is 0 Å². The van der Waals surface area contributed by atoms with Gasteiger partial charge < -0.3 is 10.1 Å². The number of rotatable bonds is 7. The lowest BCUT2D eigenvalue weighted by Gasteiger charge is -2.28. The number of aromatic nitrogens is 2. The van der Waals surface area contributed by atoms with E-state index in [1.165, 1.54) is 11.4 Å². The first kappa shape index (κ1) is 15.5. The SMILES string of the molecule is CCc1cc(CC2(CNCC(C)C)CCOC2)n(C)n1. The van der Waals surface area contributed by atoms with Crippen molar-refractivity contribution in [1.82, 2.24) is 15.1 Å². The maximum Gasteiger partial charge on any atom is 0.0624 e. The summed E-state index contributed by atoms with van der Waals surface area (Å²) < 4.78 is 7.74. The number of hydrogen-bond acceptors (Lipinski definition) is 3. The van der Waals surface area contributed by atoms with Gasteiger partial charge in [-0.1, -0.05) is 20.8 Å². The van der Waals surface area contributed by atoms with Gasteiger partial charge in [0.2, 0.25) is 0 Å². The second-order valence-electron chi connectivity index (χ2n) is 6.61. The fourth-order valence-electron chi connectivity index (χ4n) is 2.91. The third-order valence-corrected chi connectivity index (χ3v) is 4.18. The summed E-state index contributed by atoms with van der Waals surface area (Å²) >= 11 is 0. The van der Waals surface area contributed by atoms with Crippen molar-refractivity contribution in [2.75, 3.05) is 26.3 Å². The summed E-state index contributed by atoms with van der Waals surface area (Å²) in [7, 11) is 2.06. The van der Waals surface area contributed by atoms with E-state index in [1.807, 2.05) is 4.68 Å². The zero-order chi connectivity index (χ0) is 14.6. The summed E-state index contributed by atoms with van der Waals surface area (Å²) in [5.41, 5.74) is 2.76. The first-order valence-electron chi connectivity index (χ1n) is 7.85. The van der Waals surface area contributed by atoms with Crippen molar-refractivity contribution in [2.24, 2.45) is 18.4 Å². The summed E-state index contributed by atoms with van der Waals surface area (Å²) in [6.07, 6.45) is 3.20. The molecule has 114 valence electrons. The van der Waals surface area contributed by atoms with E-state index in [9.17, 15) is 0 Å². The normalized spacial score (nSPS) is 22.9. The molecule has 1 saturated heterocycles. The number of aryl methyl sites for hydroxylation is 2. The molecule has 1 aliphatic heterocycles. The molecular formula is C16H29N3O. The minimum atomic E-state index is 0.244. The van der Waals surface area contributed by atoms with E-state index in [4.69, 9.17) is 4.74 Å². The van der Waals surface area contributed by atoms with Gasteiger partial charge in [0.15, 0.2) is 0 Å². The number of hydrogen-bond donors (Lipinski definition) is 1. The minimum absolute atomic E-state index is 0.244. The van der Waals surface area contributed by atoms with E-state index in [0.717, 1.165) is 45.6 Å². The van der Waals surface area contributed by atoms with Crippen LogP contribution in [0, 0.1) is 11.3 Å². The molecule has 4 nitrogen and oxygen atoms in total. The molecule has 1 aliphatic rings. The number of nitrogens with zero attached hydrogens (tertiary/aromatic N) is 2. The van der Waals surface area contributed by atoms with E-state index in [1.54, 1.807) is 0 Å². The van der Waals surface area contributed by atoms with Crippen LogP contribution in [0.25, 0.3) is 0 Å². The van der Waals surface area contributed by atoms with Gasteiger partial charge in [0, 0.05) is 31.3 Å². The predicted molar refractivity (Wildman–Crippen MR) is 81.9 cm³/mol. The predicted octanol–water partition coefficient (Wildman–Crippen LogP) is 2.18. The van der Waals surface area contributed by atoms with Crippen LogP contribution < -0.4 is 5.32 Å². The molecular weight excluding hydrogens is 250 g/mol. The van der Waals surface area contributed by atoms with E-state index in [0.29, 0.717) is 5.92 Å². The Morgan fingerprint density at radius 3 is 2.85 bits per heavy atom. The van der Waals surface area contributed by atoms with Crippen molar-refractivity contribution in [2.45, 2.75) is 40.0 Å². The lowest BCUT2D eigenvalue weighted by Crippen LogP contribution is -2.38. The minimum Gasteiger partial charge on any atom is -0.381 e. The summed E-state index contributed by atoms with van der Waals surface area (Å²) in [4.78, 5) is 0. The summed E-state index contributed by atoms with van der Waals surface area (Å²) in [6, 6.07) is 2.25. The zero-order valence-electron chi connectivity index (χ0n) is 13.4. The van der Waals surface area contributed by atoms with Crippen molar-refractivity contribution in [3.05, 3.63) is 17.5 Å². The van der Waals surface area contributed by atoms with Gasteiger partial charge in [0.05, 0.1) is 12.3 Å². The molecule has 0 aromatic carbocycles. The topological polar surface area (TPSA) is 39.1 Å². The van der Waals surface area contributed by atoms with Crippen molar-refractivity contribution < 1.29 is 4.74 Å². The molecule has 0 spiro atoms. The molecule has 0 radical (unpaired) electrons. The van der Waals surface area contributed by atoms with Crippen LogP contribution in [0.2, 0.25) is 0 Å². The van der Waals surface area contributed by atoms with Gasteiger partial charge in [-0.3, -0.25) is 4.68 Å². The van der Waals surface area contributed by atoms with Crippen LogP contribution in [0.1, 0.15) is 38.6 Å². The van der Waals surface area contributed by atoms with Gasteiger partial charge in [-0.05, 0) is 37.8 Å². The molecule has 2 rings (SSSR count). The first-order valence-corrected chi connectivity index (χ1v) is 7.85. The maximum atomic E-state index is 5.69. The molecule has 1 fully saturated rings. The Kier molecular flexibility index (Phi) is 5.22. The van der Waals surface area contributed by atoms with Crippen molar-refractivity contribution >= 4 is 0 Å². The van der Waals surface area contributed by atoms with Gasteiger partial charge in [0.25, 0.3) is 0 Å². The van der Waals surface area contributed by atoms with E-state index >= 15 is 0 Å². The van der Waals surface area contributed by atoms with Crippen LogP contribution in [0.15, 0.2) is 6.07 Å². The third kappa shape index (κ3) is 3.83. The quantitative estimate of drug-likeness (QED) is 0.831. The van der Waals surface area contributed by atoms with Crippen molar-refractivity contribution in [3.8, 4) is 0 Å². The van der Waals surface area contributed by atoms with Gasteiger partial charge in [-0.25, -0.2) is 0 Å². The Labute approximate surface area is 122 Å². The molecule has 2 heterocycles. The fraction of sp³-hybridized carbons (Fsp3) is 0.812. The number of nitrogens with one attached hydrogen (secondary N) is 1. The average molecular weight is 279 g/mol. The second-order valence-corrected chi connectivity index (χ2v) is 6.61. The standard InChI is InChI=1S/C16H29N3O/c1-5-14-8-15(19(4)18-14)9-16(6-7-20-12-16)11-17-10-13(2)3/h8,13,17H,5-7,9-12H2,1-4H3. The molecule has 0 bridgehead atoms. The van der Waals surface area contributed by atoms with Crippen LogP contribution >= 0.6 is 0 Å². The lowest BCUT2D eigenvalue weighted by atomic mass is 9.82. The highest BCUT2D eigenvalue weighted by atomic mass is 16.5. The van der Waals surface area contributed by atoms with Crippen LogP contribution in [-0.4, -0.2) is 36.1 Å². The summed E-state index contributed by atoms with van der Waals surface area (Å²) in [6.45, 7) is 10.5. The van der Waals surface area contributed by atoms with Gasteiger partial charge in [-0.2, -0.15) is 5.10 Å². The smallest absolute Gasteiger partial charge is 0.0624 e. The summed E-state index contributed by atoms with van der Waals surface area (Å²) in [5, 5.41) is 8.18. The average Bonchev–Trinajstić information content (AvgIpc) is 2.98. The Balaban J connectivity index is 2.02. The monoisotopic (exact) mass is 279 g/mol. The van der Waals surface area contributed by atoms with Crippen molar-refractivity contribution in [1.29, 1.82) is 0 Å². The molecule has 0 saturated carbocycles. The maximum absolute atomic E-state index is 5.69. The highest BCUT2D eigenvalue weighted by Gasteiger charge is 2.35. The van der Waals surface area contributed by atoms with Crippen molar-refractivity contribution in [3.63, 3.8) is 0 Å². The Morgan fingerprint density at radius 2 is 2.30 bits per heavy atom. The summed E-state index contributed by atoms with van der Waals surface area (Å²) in [5.74, 6) is 0.692. The Bertz CT molecular complexity index is 419. The molecule has 1 aromatic heterocycles. The highest BCUT2D eigenvalue weighted by molar-refractivity contribution is 5.13. The molecule has 20 heavy (non-hydrogen) atoms. The molecule has 1 atom stereocenters. The van der Waals surface area contributed by atoms with Crippen LogP contribution in [0.4, 0.5) is 0 Å². The Morgan fingerprint density at radius 1 is 1.50 bits per heavy atom.